The van der Waals surface area contributed by atoms with E-state index in [2.05, 4.69) is 28.6 Å². The highest BCUT2D eigenvalue weighted by molar-refractivity contribution is 7.98. The van der Waals surface area contributed by atoms with Crippen LogP contribution in [0.2, 0.25) is 5.02 Å². The van der Waals surface area contributed by atoms with Crippen molar-refractivity contribution < 1.29 is 0 Å². The Kier molecular flexibility index (Phi) is 4.85. The van der Waals surface area contributed by atoms with Crippen LogP contribution in [0.4, 0.5) is 0 Å². The molecule has 0 radical (unpaired) electrons. The number of benzene rings is 1. The van der Waals surface area contributed by atoms with Gasteiger partial charge in [0.05, 0.1) is 6.54 Å². The molecule has 0 fully saturated rings. The molecule has 102 valence electrons. The Balaban J connectivity index is 2.16. The monoisotopic (exact) mass is 296 g/mol. The van der Waals surface area contributed by atoms with E-state index in [9.17, 15) is 0 Å². The second-order valence-corrected chi connectivity index (χ2v) is 5.80. The number of rotatable bonds is 5. The first-order chi connectivity index (χ1) is 9.13. The van der Waals surface area contributed by atoms with Crippen molar-refractivity contribution >= 4 is 23.4 Å². The lowest BCUT2D eigenvalue weighted by molar-refractivity contribution is 0.526. The molecule has 2 aromatic rings. The molecule has 2 N–H and O–H groups in total. The second-order valence-electron chi connectivity index (χ2n) is 4.45. The summed E-state index contributed by atoms with van der Waals surface area (Å²) in [5, 5.41) is 10.00. The average Bonchev–Trinajstić information content (AvgIpc) is 2.81. The minimum absolute atomic E-state index is 0.294. The maximum absolute atomic E-state index is 6.15. The maximum Gasteiger partial charge on any atom is 0.191 e. The summed E-state index contributed by atoms with van der Waals surface area (Å²) in [5.74, 6) is 1.59. The van der Waals surface area contributed by atoms with Gasteiger partial charge in [0.25, 0.3) is 0 Å². The largest absolute Gasteiger partial charge is 0.324 e. The predicted molar refractivity (Wildman–Crippen MR) is 79.3 cm³/mol. The highest BCUT2D eigenvalue weighted by Gasteiger charge is 2.14. The van der Waals surface area contributed by atoms with Crippen molar-refractivity contribution in [2.45, 2.75) is 37.3 Å². The summed E-state index contributed by atoms with van der Waals surface area (Å²) in [6.45, 7) is 4.60. The number of nitrogens with zero attached hydrogens (tertiary/aromatic N) is 3. The molecule has 0 spiro atoms. The number of hydrogen-bond acceptors (Lipinski definition) is 4. The quantitative estimate of drug-likeness (QED) is 0.861. The number of hydrogen-bond donors (Lipinski definition) is 1. The van der Waals surface area contributed by atoms with Crippen LogP contribution in [0, 0.1) is 0 Å². The molecule has 4 nitrogen and oxygen atoms in total. The third-order valence-electron chi connectivity index (χ3n) is 2.75. The van der Waals surface area contributed by atoms with Crippen molar-refractivity contribution in [3.63, 3.8) is 0 Å². The van der Waals surface area contributed by atoms with Crippen LogP contribution in [0.25, 0.3) is 0 Å². The fourth-order valence-corrected chi connectivity index (χ4v) is 3.19. The van der Waals surface area contributed by atoms with E-state index in [1.807, 2.05) is 24.3 Å². The van der Waals surface area contributed by atoms with Crippen molar-refractivity contribution in [2.75, 3.05) is 0 Å². The molecule has 19 heavy (non-hydrogen) atoms. The van der Waals surface area contributed by atoms with Gasteiger partial charge in [-0.25, -0.2) is 0 Å². The molecule has 0 unspecified atom stereocenters. The van der Waals surface area contributed by atoms with Gasteiger partial charge in [0.1, 0.15) is 5.82 Å². The van der Waals surface area contributed by atoms with Crippen LogP contribution in [0.1, 0.15) is 31.3 Å². The second kappa shape index (κ2) is 6.41. The Hall–Kier alpha value is -1.04. The van der Waals surface area contributed by atoms with Crippen LogP contribution >= 0.6 is 23.4 Å². The first kappa shape index (κ1) is 14.4. The van der Waals surface area contributed by atoms with E-state index in [1.165, 1.54) is 0 Å². The summed E-state index contributed by atoms with van der Waals surface area (Å²) in [5.41, 5.74) is 6.78. The van der Waals surface area contributed by atoms with Gasteiger partial charge in [0.15, 0.2) is 5.16 Å². The fourth-order valence-electron chi connectivity index (χ4n) is 1.82. The zero-order valence-electron chi connectivity index (χ0n) is 11.0. The van der Waals surface area contributed by atoms with Crippen molar-refractivity contribution in [2.24, 2.45) is 5.73 Å². The van der Waals surface area contributed by atoms with Crippen molar-refractivity contribution in [3.8, 4) is 0 Å². The van der Waals surface area contributed by atoms with Gasteiger partial charge < -0.3 is 10.3 Å². The minimum Gasteiger partial charge on any atom is -0.324 e. The zero-order chi connectivity index (χ0) is 13.8. The Bertz CT molecular complexity index is 553. The highest BCUT2D eigenvalue weighted by atomic mass is 35.5. The zero-order valence-corrected chi connectivity index (χ0v) is 12.6. The first-order valence-electron chi connectivity index (χ1n) is 6.13. The number of nitrogens with two attached hydrogens (primary N) is 1. The third kappa shape index (κ3) is 3.29. The molecule has 0 amide bonds. The summed E-state index contributed by atoms with van der Waals surface area (Å²) in [7, 11) is 0. The lowest BCUT2D eigenvalue weighted by Gasteiger charge is -2.12. The standard InChI is InChI=1S/C13H17ClN4S/c1-9(2)18-12(7-15)16-17-13(18)19-8-10-5-3-4-6-11(10)14/h3-6,9H,7-8,15H2,1-2H3. The van der Waals surface area contributed by atoms with Crippen LogP contribution in [0.3, 0.4) is 0 Å². The Morgan fingerprint density at radius 1 is 1.32 bits per heavy atom. The Morgan fingerprint density at radius 3 is 2.68 bits per heavy atom. The van der Waals surface area contributed by atoms with E-state index in [0.717, 1.165) is 27.3 Å². The molecule has 1 heterocycles. The molecule has 0 saturated carbocycles. The van der Waals surface area contributed by atoms with E-state index in [-0.39, 0.29) is 0 Å². The molecule has 1 aromatic carbocycles. The maximum atomic E-state index is 6.15. The van der Waals surface area contributed by atoms with E-state index < -0.39 is 0 Å². The van der Waals surface area contributed by atoms with Crippen LogP contribution in [0.15, 0.2) is 29.4 Å². The van der Waals surface area contributed by atoms with Gasteiger partial charge in [-0.05, 0) is 25.5 Å². The minimum atomic E-state index is 0.294. The first-order valence-corrected chi connectivity index (χ1v) is 7.50. The number of thioether (sulfide) groups is 1. The lowest BCUT2D eigenvalue weighted by Crippen LogP contribution is -2.11. The molecule has 0 aliphatic carbocycles. The van der Waals surface area contributed by atoms with Gasteiger partial charge in [-0.3, -0.25) is 0 Å². The van der Waals surface area contributed by atoms with E-state index >= 15 is 0 Å². The summed E-state index contributed by atoms with van der Waals surface area (Å²) < 4.78 is 2.07. The molecular weight excluding hydrogens is 280 g/mol. The molecule has 0 aliphatic heterocycles. The molecule has 0 bridgehead atoms. The summed E-state index contributed by atoms with van der Waals surface area (Å²) >= 11 is 7.78. The van der Waals surface area contributed by atoms with E-state index in [0.29, 0.717) is 12.6 Å². The van der Waals surface area contributed by atoms with Crippen LogP contribution in [-0.2, 0) is 12.3 Å². The van der Waals surface area contributed by atoms with Gasteiger partial charge in [-0.1, -0.05) is 41.6 Å². The summed E-state index contributed by atoms with van der Waals surface area (Å²) in [4.78, 5) is 0. The van der Waals surface area contributed by atoms with Crippen molar-refractivity contribution in [1.29, 1.82) is 0 Å². The van der Waals surface area contributed by atoms with Gasteiger partial charge in [0.2, 0.25) is 0 Å². The van der Waals surface area contributed by atoms with E-state index in [1.54, 1.807) is 11.8 Å². The predicted octanol–water partition coefficient (Wildman–Crippen LogP) is 3.26. The molecule has 0 atom stereocenters. The van der Waals surface area contributed by atoms with Gasteiger partial charge in [0, 0.05) is 16.8 Å². The smallest absolute Gasteiger partial charge is 0.191 e. The molecule has 6 heteroatoms. The number of aromatic nitrogens is 3. The number of halogens is 1. The molecule has 1 aromatic heterocycles. The Labute approximate surface area is 122 Å². The van der Waals surface area contributed by atoms with Crippen molar-refractivity contribution in [3.05, 3.63) is 40.7 Å². The average molecular weight is 297 g/mol. The SMILES string of the molecule is CC(C)n1c(CN)nnc1SCc1ccccc1Cl. The van der Waals surface area contributed by atoms with Crippen LogP contribution in [0.5, 0.6) is 0 Å². The van der Waals surface area contributed by atoms with E-state index in [4.69, 9.17) is 17.3 Å². The molecule has 2 rings (SSSR count). The normalized spacial score (nSPS) is 11.2. The van der Waals surface area contributed by atoms with Crippen molar-refractivity contribution in [1.82, 2.24) is 14.8 Å². The fraction of sp³-hybridized carbons (Fsp3) is 0.385. The third-order valence-corrected chi connectivity index (χ3v) is 4.11. The highest BCUT2D eigenvalue weighted by Crippen LogP contribution is 2.27. The summed E-state index contributed by atoms with van der Waals surface area (Å²) in [6, 6.07) is 8.13. The van der Waals surface area contributed by atoms with Crippen LogP contribution < -0.4 is 5.73 Å². The lowest BCUT2D eigenvalue weighted by atomic mass is 10.2. The van der Waals surface area contributed by atoms with Gasteiger partial charge in [-0.15, -0.1) is 10.2 Å². The molecule has 0 aliphatic rings. The van der Waals surface area contributed by atoms with Crippen LogP contribution in [-0.4, -0.2) is 14.8 Å². The van der Waals surface area contributed by atoms with Gasteiger partial charge >= 0.3 is 0 Å². The molecular formula is C13H17ClN4S. The van der Waals surface area contributed by atoms with Gasteiger partial charge in [-0.2, -0.15) is 0 Å². The Morgan fingerprint density at radius 2 is 2.05 bits per heavy atom. The molecule has 0 saturated heterocycles. The topological polar surface area (TPSA) is 56.7 Å². The summed E-state index contributed by atoms with van der Waals surface area (Å²) in [6.07, 6.45) is 0.